The third kappa shape index (κ3) is 1.53. The van der Waals surface area contributed by atoms with Crippen LogP contribution in [0.4, 0.5) is 0 Å². The average molecular weight is 218 g/mol. The predicted molar refractivity (Wildman–Crippen MR) is 68.4 cm³/mol. The second-order valence-corrected chi connectivity index (χ2v) is 5.55. The molecule has 2 rings (SSSR count). The van der Waals surface area contributed by atoms with E-state index >= 15 is 0 Å². The zero-order valence-corrected chi connectivity index (χ0v) is 11.3. The number of ether oxygens (including phenoxy) is 1. The Morgan fingerprint density at radius 2 is 1.69 bits per heavy atom. The molecule has 0 atom stereocenters. The maximum Gasteiger partial charge on any atom is 0.126 e. The van der Waals surface area contributed by atoms with Crippen LogP contribution in [0.15, 0.2) is 0 Å². The Hall–Kier alpha value is -0.980. The fourth-order valence-electron chi connectivity index (χ4n) is 2.88. The molecule has 0 radical (unpaired) electrons. The van der Waals surface area contributed by atoms with Gasteiger partial charge in [-0.3, -0.25) is 0 Å². The smallest absolute Gasteiger partial charge is 0.126 e. The van der Waals surface area contributed by atoms with E-state index in [1.54, 1.807) is 0 Å². The van der Waals surface area contributed by atoms with Crippen LogP contribution >= 0.6 is 0 Å². The average Bonchev–Trinajstić information content (AvgIpc) is 2.52. The predicted octanol–water partition coefficient (Wildman–Crippen LogP) is 3.89. The molecule has 0 unspecified atom stereocenters. The molecule has 1 aliphatic heterocycles. The number of hydrogen-bond donors (Lipinski definition) is 0. The van der Waals surface area contributed by atoms with E-state index in [0.29, 0.717) is 0 Å². The minimum Gasteiger partial charge on any atom is -0.487 e. The van der Waals surface area contributed by atoms with Crippen molar-refractivity contribution in [1.82, 2.24) is 0 Å². The van der Waals surface area contributed by atoms with Gasteiger partial charge in [0.2, 0.25) is 0 Å². The zero-order valence-electron chi connectivity index (χ0n) is 11.3. The van der Waals surface area contributed by atoms with E-state index in [4.69, 9.17) is 4.74 Å². The molecule has 0 aromatic heterocycles. The van der Waals surface area contributed by atoms with Crippen LogP contribution in [0.1, 0.15) is 48.6 Å². The molecule has 1 heterocycles. The summed E-state index contributed by atoms with van der Waals surface area (Å²) in [4.78, 5) is 0. The van der Waals surface area contributed by atoms with Crippen molar-refractivity contribution in [3.8, 4) is 5.75 Å². The molecule has 88 valence electrons. The van der Waals surface area contributed by atoms with Crippen LogP contribution < -0.4 is 4.74 Å². The lowest BCUT2D eigenvalue weighted by atomic mass is 9.89. The molecule has 1 aliphatic rings. The van der Waals surface area contributed by atoms with E-state index < -0.39 is 0 Å². The topological polar surface area (TPSA) is 9.23 Å². The number of hydrogen-bond acceptors (Lipinski definition) is 1. The van der Waals surface area contributed by atoms with Gasteiger partial charge >= 0.3 is 0 Å². The van der Waals surface area contributed by atoms with Crippen LogP contribution in [0, 0.1) is 20.8 Å². The third-order valence-electron chi connectivity index (χ3n) is 3.87. The normalized spacial score (nSPS) is 17.1. The molecule has 1 aromatic rings. The first-order chi connectivity index (χ1) is 7.37. The summed E-state index contributed by atoms with van der Waals surface area (Å²) in [5.74, 6) is 1.15. The van der Waals surface area contributed by atoms with Gasteiger partial charge in [-0.05, 0) is 63.3 Å². The molecule has 1 nitrogen and oxygen atoms in total. The van der Waals surface area contributed by atoms with Gasteiger partial charge in [0.15, 0.2) is 0 Å². The lowest BCUT2D eigenvalue weighted by molar-refractivity contribution is 0.137. The molecule has 1 heteroatoms. The molecule has 16 heavy (non-hydrogen) atoms. The van der Waals surface area contributed by atoms with Crippen LogP contribution in [-0.2, 0) is 12.8 Å². The van der Waals surface area contributed by atoms with Crippen molar-refractivity contribution < 1.29 is 4.74 Å². The quantitative estimate of drug-likeness (QED) is 0.695. The molecule has 1 aromatic carbocycles. The largest absolute Gasteiger partial charge is 0.487 e. The molecular formula is C15H22O. The van der Waals surface area contributed by atoms with Crippen molar-refractivity contribution in [2.24, 2.45) is 0 Å². The SMILES string of the molecule is CCc1c(C)c(C)c2c(c1C)CC(C)(C)O2. The minimum atomic E-state index is -0.0311. The molecule has 0 bridgehead atoms. The highest BCUT2D eigenvalue weighted by Gasteiger charge is 2.33. The van der Waals surface area contributed by atoms with Gasteiger partial charge in [-0.15, -0.1) is 0 Å². The number of rotatable bonds is 1. The Balaban J connectivity index is 2.68. The Labute approximate surface area is 98.8 Å². The van der Waals surface area contributed by atoms with Crippen molar-refractivity contribution in [1.29, 1.82) is 0 Å². The summed E-state index contributed by atoms with van der Waals surface area (Å²) in [6, 6.07) is 0. The second-order valence-electron chi connectivity index (χ2n) is 5.55. The first-order valence-corrected chi connectivity index (χ1v) is 6.18. The molecule has 0 aliphatic carbocycles. The second kappa shape index (κ2) is 3.51. The number of fused-ring (bicyclic) bond motifs is 1. The van der Waals surface area contributed by atoms with Gasteiger partial charge in [-0.25, -0.2) is 0 Å². The standard InChI is InChI=1S/C15H22O/c1-7-12-9(2)10(3)14-13(11(12)4)8-15(5,6)16-14/h7-8H2,1-6H3. The lowest BCUT2D eigenvalue weighted by Crippen LogP contribution is -2.24. The monoisotopic (exact) mass is 218 g/mol. The van der Waals surface area contributed by atoms with Gasteiger partial charge in [0.25, 0.3) is 0 Å². The Morgan fingerprint density at radius 1 is 1.06 bits per heavy atom. The highest BCUT2D eigenvalue weighted by Crippen LogP contribution is 2.42. The van der Waals surface area contributed by atoms with Crippen molar-refractivity contribution in [2.45, 2.75) is 60.0 Å². The van der Waals surface area contributed by atoms with Crippen LogP contribution in [-0.4, -0.2) is 5.60 Å². The van der Waals surface area contributed by atoms with Gasteiger partial charge in [-0.1, -0.05) is 6.92 Å². The van der Waals surface area contributed by atoms with Crippen LogP contribution in [0.25, 0.3) is 0 Å². The first kappa shape index (κ1) is 11.5. The molecule has 0 fully saturated rings. The summed E-state index contributed by atoms with van der Waals surface area (Å²) in [7, 11) is 0. The van der Waals surface area contributed by atoms with Crippen molar-refractivity contribution >= 4 is 0 Å². The van der Waals surface area contributed by atoms with Gasteiger partial charge in [0.05, 0.1) is 0 Å². The molecule has 0 saturated heterocycles. The third-order valence-corrected chi connectivity index (χ3v) is 3.87. The fourth-order valence-corrected chi connectivity index (χ4v) is 2.88. The summed E-state index contributed by atoms with van der Waals surface area (Å²) >= 11 is 0. The fraction of sp³-hybridized carbons (Fsp3) is 0.600. The van der Waals surface area contributed by atoms with E-state index in [1.807, 2.05) is 0 Å². The Kier molecular flexibility index (Phi) is 2.52. The summed E-state index contributed by atoms with van der Waals surface area (Å²) in [5.41, 5.74) is 7.12. The molecular weight excluding hydrogens is 196 g/mol. The van der Waals surface area contributed by atoms with Crippen molar-refractivity contribution in [3.63, 3.8) is 0 Å². The van der Waals surface area contributed by atoms with Gasteiger partial charge in [0, 0.05) is 12.0 Å². The van der Waals surface area contributed by atoms with E-state index in [0.717, 1.165) is 18.6 Å². The maximum absolute atomic E-state index is 6.09. The van der Waals surface area contributed by atoms with Crippen LogP contribution in [0.2, 0.25) is 0 Å². The Morgan fingerprint density at radius 3 is 2.25 bits per heavy atom. The summed E-state index contributed by atoms with van der Waals surface area (Å²) in [5, 5.41) is 0. The van der Waals surface area contributed by atoms with Gasteiger partial charge in [0.1, 0.15) is 11.4 Å². The molecule has 0 amide bonds. The van der Waals surface area contributed by atoms with E-state index in [-0.39, 0.29) is 5.60 Å². The molecule has 0 N–H and O–H groups in total. The van der Waals surface area contributed by atoms with Crippen LogP contribution in [0.5, 0.6) is 5.75 Å². The van der Waals surface area contributed by atoms with E-state index in [9.17, 15) is 0 Å². The highest BCUT2D eigenvalue weighted by molar-refractivity contribution is 5.57. The van der Waals surface area contributed by atoms with Gasteiger partial charge in [-0.2, -0.15) is 0 Å². The van der Waals surface area contributed by atoms with Crippen molar-refractivity contribution in [2.75, 3.05) is 0 Å². The zero-order chi connectivity index (χ0) is 12.1. The maximum atomic E-state index is 6.09. The highest BCUT2D eigenvalue weighted by atomic mass is 16.5. The Bertz CT molecular complexity index is 441. The summed E-state index contributed by atoms with van der Waals surface area (Å²) < 4.78 is 6.09. The molecule has 0 saturated carbocycles. The van der Waals surface area contributed by atoms with Gasteiger partial charge < -0.3 is 4.74 Å². The van der Waals surface area contributed by atoms with Crippen LogP contribution in [0.3, 0.4) is 0 Å². The van der Waals surface area contributed by atoms with E-state index in [2.05, 4.69) is 41.5 Å². The number of benzene rings is 1. The minimum absolute atomic E-state index is 0.0311. The first-order valence-electron chi connectivity index (χ1n) is 6.18. The lowest BCUT2D eigenvalue weighted by Gasteiger charge is -2.18. The molecule has 0 spiro atoms. The van der Waals surface area contributed by atoms with Crippen molar-refractivity contribution in [3.05, 3.63) is 27.8 Å². The summed E-state index contributed by atoms with van der Waals surface area (Å²) in [6.45, 7) is 13.2. The summed E-state index contributed by atoms with van der Waals surface area (Å²) in [6.07, 6.45) is 2.16. The van der Waals surface area contributed by atoms with E-state index in [1.165, 1.54) is 27.8 Å².